The molecule has 1 aromatic carbocycles. The molecule has 0 saturated carbocycles. The zero-order chi connectivity index (χ0) is 18.6. The van der Waals surface area contributed by atoms with Gasteiger partial charge in [0.2, 0.25) is 0 Å². The van der Waals surface area contributed by atoms with Crippen LogP contribution in [0.4, 0.5) is 4.39 Å². The Hall–Kier alpha value is -1.77. The molecule has 0 bridgehead atoms. The summed E-state index contributed by atoms with van der Waals surface area (Å²) in [6.07, 6.45) is 3.25. The van der Waals surface area contributed by atoms with Crippen LogP contribution in [0.25, 0.3) is 11.4 Å². The molecule has 1 fully saturated rings. The summed E-state index contributed by atoms with van der Waals surface area (Å²) in [6.45, 7) is 3.63. The summed E-state index contributed by atoms with van der Waals surface area (Å²) in [4.78, 5) is 4.63. The lowest BCUT2D eigenvalue weighted by Gasteiger charge is -2.14. The number of halogens is 1. The summed E-state index contributed by atoms with van der Waals surface area (Å²) >= 11 is 3.33. The number of thioether (sulfide) groups is 1. The molecule has 3 aromatic rings. The molecule has 142 valence electrons. The van der Waals surface area contributed by atoms with Gasteiger partial charge in [-0.25, -0.2) is 9.37 Å². The van der Waals surface area contributed by atoms with Crippen LogP contribution in [0.15, 0.2) is 34.8 Å². The van der Waals surface area contributed by atoms with Gasteiger partial charge >= 0.3 is 0 Å². The van der Waals surface area contributed by atoms with Crippen LogP contribution in [-0.4, -0.2) is 32.5 Å². The quantitative estimate of drug-likeness (QED) is 0.540. The van der Waals surface area contributed by atoms with Crippen molar-refractivity contribution in [1.82, 2.24) is 19.7 Å². The van der Waals surface area contributed by atoms with Gasteiger partial charge in [-0.05, 0) is 43.5 Å². The fraction of sp³-hybridized carbons (Fsp3) is 0.421. The third-order valence-corrected chi connectivity index (χ3v) is 6.52. The predicted molar refractivity (Wildman–Crippen MR) is 105 cm³/mol. The van der Waals surface area contributed by atoms with Crippen molar-refractivity contribution in [2.45, 2.75) is 49.7 Å². The highest BCUT2D eigenvalue weighted by molar-refractivity contribution is 7.98. The van der Waals surface area contributed by atoms with Crippen LogP contribution >= 0.6 is 23.1 Å². The largest absolute Gasteiger partial charge is 0.376 e. The van der Waals surface area contributed by atoms with Gasteiger partial charge in [0, 0.05) is 23.3 Å². The second-order valence-electron chi connectivity index (χ2n) is 6.43. The second kappa shape index (κ2) is 8.50. The zero-order valence-electron chi connectivity index (χ0n) is 15.1. The van der Waals surface area contributed by atoms with Gasteiger partial charge in [0.05, 0.1) is 23.4 Å². The van der Waals surface area contributed by atoms with Gasteiger partial charge in [-0.15, -0.1) is 21.5 Å². The van der Waals surface area contributed by atoms with E-state index >= 15 is 0 Å². The molecule has 8 heteroatoms. The topological polar surface area (TPSA) is 52.8 Å². The number of rotatable bonds is 7. The molecular formula is C19H21FN4OS2. The molecule has 1 unspecified atom stereocenters. The number of aryl methyl sites for hydroxylation is 1. The molecule has 0 spiro atoms. The average Bonchev–Trinajstić information content (AvgIpc) is 3.42. The van der Waals surface area contributed by atoms with Gasteiger partial charge in [0.25, 0.3) is 0 Å². The Labute approximate surface area is 166 Å². The van der Waals surface area contributed by atoms with Gasteiger partial charge in [0.15, 0.2) is 11.0 Å². The van der Waals surface area contributed by atoms with E-state index in [1.54, 1.807) is 35.2 Å². The third kappa shape index (κ3) is 4.39. The van der Waals surface area contributed by atoms with Crippen LogP contribution in [0.2, 0.25) is 0 Å². The highest BCUT2D eigenvalue weighted by Gasteiger charge is 2.22. The summed E-state index contributed by atoms with van der Waals surface area (Å²) in [5, 5.41) is 12.9. The van der Waals surface area contributed by atoms with Gasteiger partial charge < -0.3 is 4.74 Å². The van der Waals surface area contributed by atoms with E-state index < -0.39 is 0 Å². The molecule has 4 rings (SSSR count). The standard InChI is InChI=1S/C19H21FN4OS2/c1-2-17-21-15(11-26-17)12-27-19-23-22-18(13-5-7-14(20)8-6-13)24(19)10-16-4-3-9-25-16/h5-8,11,16H,2-4,9-10,12H2,1H3. The van der Waals surface area contributed by atoms with Crippen molar-refractivity contribution in [2.24, 2.45) is 0 Å². The molecule has 1 aliphatic heterocycles. The molecule has 5 nitrogen and oxygen atoms in total. The summed E-state index contributed by atoms with van der Waals surface area (Å²) < 4.78 is 21.2. The van der Waals surface area contributed by atoms with Gasteiger partial charge in [-0.1, -0.05) is 18.7 Å². The van der Waals surface area contributed by atoms with Crippen LogP contribution in [0.3, 0.4) is 0 Å². The normalized spacial score (nSPS) is 16.9. The fourth-order valence-corrected chi connectivity index (χ4v) is 4.77. The highest BCUT2D eigenvalue weighted by Crippen LogP contribution is 2.29. The van der Waals surface area contributed by atoms with E-state index in [2.05, 4.69) is 32.1 Å². The lowest BCUT2D eigenvalue weighted by molar-refractivity contribution is 0.0953. The van der Waals surface area contributed by atoms with Crippen molar-refractivity contribution < 1.29 is 9.13 Å². The maximum Gasteiger partial charge on any atom is 0.191 e. The van der Waals surface area contributed by atoms with E-state index in [-0.39, 0.29) is 11.9 Å². The molecule has 0 radical (unpaired) electrons. The molecule has 2 aromatic heterocycles. The van der Waals surface area contributed by atoms with Crippen molar-refractivity contribution in [1.29, 1.82) is 0 Å². The molecule has 0 aliphatic carbocycles. The Kier molecular flexibility index (Phi) is 5.85. The fourth-order valence-electron chi connectivity index (χ4n) is 3.08. The lowest BCUT2D eigenvalue weighted by atomic mass is 10.2. The van der Waals surface area contributed by atoms with Crippen molar-refractivity contribution in [3.05, 3.63) is 46.2 Å². The minimum atomic E-state index is -0.256. The molecule has 1 aliphatic rings. The first-order valence-corrected chi connectivity index (χ1v) is 11.0. The van der Waals surface area contributed by atoms with Crippen molar-refractivity contribution in [3.8, 4) is 11.4 Å². The monoisotopic (exact) mass is 404 g/mol. The minimum absolute atomic E-state index is 0.172. The summed E-state index contributed by atoms with van der Waals surface area (Å²) in [7, 11) is 0. The first kappa shape index (κ1) is 18.6. The van der Waals surface area contributed by atoms with E-state index in [9.17, 15) is 4.39 Å². The van der Waals surface area contributed by atoms with Crippen LogP contribution in [0, 0.1) is 5.82 Å². The number of ether oxygens (including phenoxy) is 1. The first-order chi connectivity index (χ1) is 13.2. The molecule has 0 amide bonds. The van der Waals surface area contributed by atoms with Crippen LogP contribution in [0.1, 0.15) is 30.5 Å². The van der Waals surface area contributed by atoms with E-state index in [1.807, 2.05) is 0 Å². The zero-order valence-corrected chi connectivity index (χ0v) is 16.7. The molecule has 27 heavy (non-hydrogen) atoms. The van der Waals surface area contributed by atoms with Crippen molar-refractivity contribution in [3.63, 3.8) is 0 Å². The number of hydrogen-bond acceptors (Lipinski definition) is 6. The maximum atomic E-state index is 13.3. The maximum absolute atomic E-state index is 13.3. The number of thiazole rings is 1. The number of aromatic nitrogens is 4. The average molecular weight is 405 g/mol. The molecular weight excluding hydrogens is 383 g/mol. The Balaban J connectivity index is 1.58. The van der Waals surface area contributed by atoms with E-state index in [1.165, 1.54) is 12.1 Å². The summed E-state index contributed by atoms with van der Waals surface area (Å²) in [5.74, 6) is 1.25. The molecule has 3 heterocycles. The number of nitrogens with zero attached hydrogens (tertiary/aromatic N) is 4. The summed E-state index contributed by atoms with van der Waals surface area (Å²) in [5.41, 5.74) is 1.92. The van der Waals surface area contributed by atoms with Gasteiger partial charge in [-0.2, -0.15) is 0 Å². The Morgan fingerprint density at radius 3 is 2.85 bits per heavy atom. The van der Waals surface area contributed by atoms with Crippen LogP contribution < -0.4 is 0 Å². The minimum Gasteiger partial charge on any atom is -0.376 e. The molecule has 1 saturated heterocycles. The lowest BCUT2D eigenvalue weighted by Crippen LogP contribution is -2.16. The van der Waals surface area contributed by atoms with Gasteiger partial charge in [0.1, 0.15) is 5.82 Å². The Bertz CT molecular complexity index is 888. The molecule has 0 N–H and O–H groups in total. The van der Waals surface area contributed by atoms with Crippen LogP contribution in [0.5, 0.6) is 0 Å². The summed E-state index contributed by atoms with van der Waals surface area (Å²) in [6, 6.07) is 6.39. The Morgan fingerprint density at radius 1 is 1.30 bits per heavy atom. The molecule has 1 atom stereocenters. The number of benzene rings is 1. The van der Waals surface area contributed by atoms with Crippen molar-refractivity contribution >= 4 is 23.1 Å². The van der Waals surface area contributed by atoms with Crippen molar-refractivity contribution in [2.75, 3.05) is 6.61 Å². The van der Waals surface area contributed by atoms with E-state index in [0.717, 1.165) is 58.9 Å². The van der Waals surface area contributed by atoms with Gasteiger partial charge in [-0.3, -0.25) is 4.57 Å². The van der Waals surface area contributed by atoms with E-state index in [0.29, 0.717) is 6.54 Å². The highest BCUT2D eigenvalue weighted by atomic mass is 32.2. The van der Waals surface area contributed by atoms with E-state index in [4.69, 9.17) is 4.74 Å². The third-order valence-electron chi connectivity index (χ3n) is 4.48. The first-order valence-electron chi connectivity index (χ1n) is 9.09. The Morgan fingerprint density at radius 2 is 2.15 bits per heavy atom. The van der Waals surface area contributed by atoms with Crippen LogP contribution in [-0.2, 0) is 23.5 Å². The predicted octanol–water partition coefficient (Wildman–Crippen LogP) is 4.57. The SMILES string of the molecule is CCc1nc(CSc2nnc(-c3ccc(F)cc3)n2CC2CCCO2)cs1. The second-order valence-corrected chi connectivity index (χ2v) is 8.32. The smallest absolute Gasteiger partial charge is 0.191 e. The number of hydrogen-bond donors (Lipinski definition) is 0.